The molecular weight excluding hydrogens is 214 g/mol. The number of hydrogen-bond acceptors (Lipinski definition) is 6. The van der Waals surface area contributed by atoms with Crippen LogP contribution in [0.15, 0.2) is 6.20 Å². The lowest BCUT2D eigenvalue weighted by molar-refractivity contribution is -0.187. The molecule has 7 nitrogen and oxygen atoms in total. The molecule has 1 rings (SSSR count). The van der Waals surface area contributed by atoms with Crippen LogP contribution in [-0.4, -0.2) is 22.1 Å². The Kier molecular flexibility index (Phi) is 3.61. The maximum absolute atomic E-state index is 10.8. The average molecular weight is 223 g/mol. The molecule has 0 aromatic carbocycles. The van der Waals surface area contributed by atoms with Crippen LogP contribution in [0.4, 0.5) is 0 Å². The second kappa shape index (κ2) is 4.93. The molecule has 0 aliphatic carbocycles. The van der Waals surface area contributed by atoms with Crippen LogP contribution in [0, 0.1) is 11.3 Å². The smallest absolute Gasteiger partial charge is 0.306 e. The Morgan fingerprint density at radius 3 is 2.44 bits per heavy atom. The summed E-state index contributed by atoms with van der Waals surface area (Å²) in [4.78, 5) is 21.6. The van der Waals surface area contributed by atoms with Gasteiger partial charge in [0.25, 0.3) is 6.29 Å². The molecule has 0 aliphatic rings. The second-order valence-corrected chi connectivity index (χ2v) is 2.86. The zero-order chi connectivity index (χ0) is 12.1. The first-order valence-electron chi connectivity index (χ1n) is 4.32. The van der Waals surface area contributed by atoms with Crippen LogP contribution in [0.3, 0.4) is 0 Å². The van der Waals surface area contributed by atoms with E-state index in [0.29, 0.717) is 0 Å². The average Bonchev–Trinajstić information content (AvgIpc) is 2.62. The molecule has 1 N–H and O–H groups in total. The topological polar surface area (TPSA) is 105 Å². The number of carbonyl (C=O) groups excluding carboxylic acids is 2. The number of hydrogen-bond donors (Lipinski definition) is 1. The molecule has 0 radical (unpaired) electrons. The minimum absolute atomic E-state index is 0.132. The van der Waals surface area contributed by atoms with Crippen molar-refractivity contribution in [3.8, 4) is 6.07 Å². The van der Waals surface area contributed by atoms with Crippen molar-refractivity contribution in [2.75, 3.05) is 0 Å². The van der Waals surface area contributed by atoms with Gasteiger partial charge in [-0.1, -0.05) is 0 Å². The standard InChI is InChI=1S/C9H9N3O4/c1-5(13)15-9(16-6(2)14)8-7(3-10)4-11-12-8/h4,9H,1-2H3,(H,11,12). The van der Waals surface area contributed by atoms with Gasteiger partial charge in [0.1, 0.15) is 17.3 Å². The normalized spacial score (nSPS) is 9.62. The molecule has 7 heteroatoms. The van der Waals surface area contributed by atoms with Crippen molar-refractivity contribution >= 4 is 11.9 Å². The summed E-state index contributed by atoms with van der Waals surface area (Å²) < 4.78 is 9.49. The number of nitrogens with zero attached hydrogens (tertiary/aromatic N) is 2. The molecule has 0 bridgehead atoms. The number of esters is 2. The van der Waals surface area contributed by atoms with Crippen LogP contribution in [0.1, 0.15) is 31.4 Å². The highest BCUT2D eigenvalue weighted by Gasteiger charge is 2.23. The van der Waals surface area contributed by atoms with Crippen LogP contribution in [0.5, 0.6) is 0 Å². The van der Waals surface area contributed by atoms with Gasteiger partial charge in [0.2, 0.25) is 0 Å². The van der Waals surface area contributed by atoms with Crippen LogP contribution in [0.25, 0.3) is 0 Å². The fourth-order valence-electron chi connectivity index (χ4n) is 1.01. The first-order chi connectivity index (χ1) is 7.54. The van der Waals surface area contributed by atoms with Crippen LogP contribution >= 0.6 is 0 Å². The number of rotatable bonds is 3. The van der Waals surface area contributed by atoms with Gasteiger partial charge in [-0.05, 0) is 0 Å². The molecule has 0 saturated carbocycles. The van der Waals surface area contributed by atoms with Gasteiger partial charge < -0.3 is 9.47 Å². The number of aromatic nitrogens is 2. The van der Waals surface area contributed by atoms with Crippen LogP contribution in [0.2, 0.25) is 0 Å². The van der Waals surface area contributed by atoms with Crippen molar-refractivity contribution in [2.45, 2.75) is 20.1 Å². The lowest BCUT2D eigenvalue weighted by Crippen LogP contribution is -2.16. The van der Waals surface area contributed by atoms with Crippen molar-refractivity contribution in [1.82, 2.24) is 10.2 Å². The fourth-order valence-corrected chi connectivity index (χ4v) is 1.01. The molecule has 0 amide bonds. The monoisotopic (exact) mass is 223 g/mol. The second-order valence-electron chi connectivity index (χ2n) is 2.86. The molecule has 0 atom stereocenters. The zero-order valence-corrected chi connectivity index (χ0v) is 8.68. The summed E-state index contributed by atoms with van der Waals surface area (Å²) in [6.45, 7) is 2.33. The Morgan fingerprint density at radius 1 is 1.44 bits per heavy atom. The third kappa shape index (κ3) is 2.81. The number of H-pyrrole nitrogens is 1. The van der Waals surface area contributed by atoms with Gasteiger partial charge in [-0.15, -0.1) is 0 Å². The molecule has 0 saturated heterocycles. The van der Waals surface area contributed by atoms with E-state index in [1.54, 1.807) is 0 Å². The van der Waals surface area contributed by atoms with E-state index in [4.69, 9.17) is 14.7 Å². The number of nitriles is 1. The summed E-state index contributed by atoms with van der Waals surface area (Å²) in [7, 11) is 0. The summed E-state index contributed by atoms with van der Waals surface area (Å²) >= 11 is 0. The SMILES string of the molecule is CC(=O)OC(OC(C)=O)c1[nH]ncc1C#N. The first kappa shape index (κ1) is 11.7. The zero-order valence-electron chi connectivity index (χ0n) is 8.68. The lowest BCUT2D eigenvalue weighted by Gasteiger charge is -2.14. The molecule has 0 spiro atoms. The van der Waals surface area contributed by atoms with E-state index >= 15 is 0 Å². The largest absolute Gasteiger partial charge is 0.419 e. The fraction of sp³-hybridized carbons (Fsp3) is 0.333. The van der Waals surface area contributed by atoms with Crippen molar-refractivity contribution < 1.29 is 19.1 Å². The Morgan fingerprint density at radius 2 is 2.00 bits per heavy atom. The third-order valence-electron chi connectivity index (χ3n) is 1.57. The van der Waals surface area contributed by atoms with Gasteiger partial charge in [-0.25, -0.2) is 0 Å². The van der Waals surface area contributed by atoms with Crippen molar-refractivity contribution in [1.29, 1.82) is 5.26 Å². The summed E-state index contributed by atoms with van der Waals surface area (Å²) in [5.74, 6) is -1.27. The predicted molar refractivity (Wildman–Crippen MR) is 49.6 cm³/mol. The minimum atomic E-state index is -1.27. The molecule has 0 unspecified atom stereocenters. The molecule has 1 heterocycles. The molecule has 0 aliphatic heterocycles. The third-order valence-corrected chi connectivity index (χ3v) is 1.57. The van der Waals surface area contributed by atoms with E-state index in [1.165, 1.54) is 20.0 Å². The van der Waals surface area contributed by atoms with E-state index in [1.807, 2.05) is 6.07 Å². The Labute approximate surface area is 91.0 Å². The predicted octanol–water partition coefficient (Wildman–Crippen LogP) is 0.406. The number of ether oxygens (including phenoxy) is 2. The van der Waals surface area contributed by atoms with Crippen molar-refractivity contribution in [2.24, 2.45) is 0 Å². The Hall–Kier alpha value is -2.36. The quantitative estimate of drug-likeness (QED) is 0.587. The van der Waals surface area contributed by atoms with E-state index in [0.717, 1.165) is 0 Å². The van der Waals surface area contributed by atoms with Gasteiger partial charge in [-0.2, -0.15) is 10.4 Å². The maximum Gasteiger partial charge on any atom is 0.306 e. The number of nitrogens with one attached hydrogen (secondary N) is 1. The molecule has 84 valence electrons. The van der Waals surface area contributed by atoms with Crippen LogP contribution in [-0.2, 0) is 19.1 Å². The molecule has 16 heavy (non-hydrogen) atoms. The summed E-state index contributed by atoms with van der Waals surface area (Å²) in [6, 6.07) is 1.83. The van der Waals surface area contributed by atoms with Gasteiger partial charge in [0.15, 0.2) is 0 Å². The van der Waals surface area contributed by atoms with Crippen LogP contribution < -0.4 is 0 Å². The van der Waals surface area contributed by atoms with E-state index < -0.39 is 18.2 Å². The van der Waals surface area contributed by atoms with E-state index in [2.05, 4.69) is 10.2 Å². The van der Waals surface area contributed by atoms with Gasteiger partial charge in [0, 0.05) is 13.8 Å². The van der Waals surface area contributed by atoms with Gasteiger partial charge in [-0.3, -0.25) is 14.7 Å². The van der Waals surface area contributed by atoms with Gasteiger partial charge >= 0.3 is 11.9 Å². The van der Waals surface area contributed by atoms with Crippen molar-refractivity contribution in [3.05, 3.63) is 17.5 Å². The summed E-state index contributed by atoms with van der Waals surface area (Å²) in [5.41, 5.74) is 0.278. The lowest BCUT2D eigenvalue weighted by atomic mass is 10.2. The highest BCUT2D eigenvalue weighted by Crippen LogP contribution is 2.20. The molecular formula is C9H9N3O4. The minimum Gasteiger partial charge on any atom is -0.419 e. The molecule has 0 fully saturated rings. The van der Waals surface area contributed by atoms with Crippen molar-refractivity contribution in [3.63, 3.8) is 0 Å². The highest BCUT2D eigenvalue weighted by atomic mass is 16.7. The Balaban J connectivity index is 2.96. The number of carbonyl (C=O) groups is 2. The first-order valence-corrected chi connectivity index (χ1v) is 4.32. The maximum atomic E-state index is 10.8. The van der Waals surface area contributed by atoms with Gasteiger partial charge in [0.05, 0.1) is 6.20 Å². The van der Waals surface area contributed by atoms with E-state index in [9.17, 15) is 9.59 Å². The Bertz CT molecular complexity index is 430. The molecule has 1 aromatic heterocycles. The summed E-state index contributed by atoms with van der Waals surface area (Å²) in [6.07, 6.45) is -0.0258. The summed E-state index contributed by atoms with van der Waals surface area (Å²) in [5, 5.41) is 14.8. The van der Waals surface area contributed by atoms with E-state index in [-0.39, 0.29) is 11.3 Å². The highest BCUT2D eigenvalue weighted by molar-refractivity contribution is 5.68. The number of aromatic amines is 1. The molecule has 1 aromatic rings.